The fourth-order valence-corrected chi connectivity index (χ4v) is 2.10. The molecule has 0 N–H and O–H groups in total. The monoisotopic (exact) mass is 198 g/mol. The average molecular weight is 198 g/mol. The van der Waals surface area contributed by atoms with Crippen molar-refractivity contribution in [2.45, 2.75) is 31.8 Å². The molecule has 1 rings (SSSR count). The van der Waals surface area contributed by atoms with Crippen LogP contribution in [0, 0.1) is 6.92 Å². The van der Waals surface area contributed by atoms with Crippen molar-refractivity contribution in [3.63, 3.8) is 0 Å². The molecule has 1 heterocycles. The fourth-order valence-electron chi connectivity index (χ4n) is 1.02. The molecule has 1 aromatic heterocycles. The van der Waals surface area contributed by atoms with Gasteiger partial charge in [-0.3, -0.25) is 4.79 Å². The number of hydrogen-bond donors (Lipinski definition) is 0. The van der Waals surface area contributed by atoms with E-state index in [1.165, 1.54) is 6.42 Å². The van der Waals surface area contributed by atoms with Crippen LogP contribution in [0.4, 0.5) is 0 Å². The summed E-state index contributed by atoms with van der Waals surface area (Å²) in [6.45, 7) is 4.01. The Morgan fingerprint density at radius 1 is 1.62 bits per heavy atom. The van der Waals surface area contributed by atoms with Crippen LogP contribution in [-0.2, 0) is 0 Å². The third-order valence-corrected chi connectivity index (χ3v) is 2.78. The van der Waals surface area contributed by atoms with E-state index in [4.69, 9.17) is 4.42 Å². The fraction of sp³-hybridized carbons (Fsp3) is 0.500. The molecule has 0 unspecified atom stereocenters. The van der Waals surface area contributed by atoms with Crippen molar-refractivity contribution in [2.24, 2.45) is 0 Å². The van der Waals surface area contributed by atoms with E-state index in [1.807, 2.05) is 6.92 Å². The van der Waals surface area contributed by atoms with Gasteiger partial charge >= 0.3 is 0 Å². The molecular formula is C10H14O2S. The molecule has 0 fully saturated rings. The third kappa shape index (κ3) is 2.92. The molecule has 0 aliphatic heterocycles. The van der Waals surface area contributed by atoms with Gasteiger partial charge in [-0.2, -0.15) is 0 Å². The Kier molecular flexibility index (Phi) is 4.09. The van der Waals surface area contributed by atoms with Crippen LogP contribution in [0.5, 0.6) is 0 Å². The maximum Gasteiger partial charge on any atom is 0.170 e. The molecule has 0 saturated heterocycles. The number of furan rings is 1. The zero-order valence-corrected chi connectivity index (χ0v) is 8.82. The largest absolute Gasteiger partial charge is 0.454 e. The Morgan fingerprint density at radius 2 is 2.38 bits per heavy atom. The van der Waals surface area contributed by atoms with Crippen molar-refractivity contribution in [2.75, 3.05) is 5.75 Å². The minimum atomic E-state index is 0.679. The summed E-state index contributed by atoms with van der Waals surface area (Å²) in [5, 5.41) is 0.765. The molecule has 0 atom stereocenters. The van der Waals surface area contributed by atoms with E-state index in [0.29, 0.717) is 5.56 Å². The molecule has 0 amide bonds. The second kappa shape index (κ2) is 5.12. The van der Waals surface area contributed by atoms with Gasteiger partial charge in [-0.25, -0.2) is 0 Å². The Morgan fingerprint density at radius 3 is 3.00 bits per heavy atom. The number of unbranched alkanes of at least 4 members (excludes halogenated alkanes) is 1. The molecule has 2 nitrogen and oxygen atoms in total. The quantitative estimate of drug-likeness (QED) is 0.413. The molecule has 0 spiro atoms. The van der Waals surface area contributed by atoms with Crippen LogP contribution in [0.15, 0.2) is 15.6 Å². The maximum absolute atomic E-state index is 10.6. The predicted octanol–water partition coefficient (Wildman–Crippen LogP) is 3.29. The topological polar surface area (TPSA) is 30.2 Å². The zero-order valence-electron chi connectivity index (χ0n) is 8.00. The Hall–Kier alpha value is -0.700. The van der Waals surface area contributed by atoms with Crippen molar-refractivity contribution >= 4 is 18.0 Å². The first-order valence-corrected chi connectivity index (χ1v) is 5.45. The molecule has 0 saturated carbocycles. The Bertz CT molecular complexity index is 278. The van der Waals surface area contributed by atoms with E-state index < -0.39 is 0 Å². The average Bonchev–Trinajstić information content (AvgIpc) is 2.47. The van der Waals surface area contributed by atoms with Crippen molar-refractivity contribution in [3.8, 4) is 0 Å². The summed E-state index contributed by atoms with van der Waals surface area (Å²) in [7, 11) is 0. The number of rotatable bonds is 5. The van der Waals surface area contributed by atoms with E-state index in [0.717, 1.165) is 29.3 Å². The van der Waals surface area contributed by atoms with Crippen molar-refractivity contribution in [3.05, 3.63) is 17.4 Å². The van der Waals surface area contributed by atoms with Gasteiger partial charge in [-0.1, -0.05) is 25.1 Å². The highest BCUT2D eigenvalue weighted by atomic mass is 32.2. The highest BCUT2D eigenvalue weighted by Gasteiger charge is 2.07. The van der Waals surface area contributed by atoms with E-state index >= 15 is 0 Å². The molecule has 0 aliphatic carbocycles. The lowest BCUT2D eigenvalue weighted by Crippen LogP contribution is -1.80. The molecule has 0 radical (unpaired) electrons. The second-order valence-corrected chi connectivity index (χ2v) is 3.99. The summed E-state index contributed by atoms with van der Waals surface area (Å²) in [5.74, 6) is 1.82. The number of thioether (sulfide) groups is 1. The summed E-state index contributed by atoms with van der Waals surface area (Å²) in [6.07, 6.45) is 3.18. The number of aryl methyl sites for hydroxylation is 1. The van der Waals surface area contributed by atoms with Gasteiger partial charge in [-0.05, 0) is 19.4 Å². The summed E-state index contributed by atoms with van der Waals surface area (Å²) in [4.78, 5) is 10.6. The van der Waals surface area contributed by atoms with Crippen LogP contribution in [-0.4, -0.2) is 12.0 Å². The van der Waals surface area contributed by atoms with Crippen LogP contribution < -0.4 is 0 Å². The van der Waals surface area contributed by atoms with Gasteiger partial charge in [0.1, 0.15) is 5.76 Å². The van der Waals surface area contributed by atoms with Gasteiger partial charge in [0.05, 0.1) is 5.56 Å². The van der Waals surface area contributed by atoms with Gasteiger partial charge in [0.2, 0.25) is 0 Å². The first kappa shape index (κ1) is 10.4. The minimum Gasteiger partial charge on any atom is -0.454 e. The van der Waals surface area contributed by atoms with Crippen LogP contribution in [0.1, 0.15) is 35.9 Å². The lowest BCUT2D eigenvalue weighted by molar-refractivity contribution is 0.111. The van der Waals surface area contributed by atoms with Crippen molar-refractivity contribution in [1.29, 1.82) is 0 Å². The standard InChI is InChI=1S/C10H14O2S/c1-3-4-5-13-10-9(7-11)6-8(2)12-10/h6-7H,3-5H2,1-2H3. The minimum absolute atomic E-state index is 0.679. The summed E-state index contributed by atoms with van der Waals surface area (Å²) < 4.78 is 5.38. The lowest BCUT2D eigenvalue weighted by Gasteiger charge is -1.95. The molecule has 0 aliphatic rings. The zero-order chi connectivity index (χ0) is 9.68. The van der Waals surface area contributed by atoms with Crippen molar-refractivity contribution in [1.82, 2.24) is 0 Å². The normalized spacial score (nSPS) is 10.3. The molecule has 72 valence electrons. The van der Waals surface area contributed by atoms with Gasteiger partial charge in [0, 0.05) is 5.75 Å². The molecule has 0 aromatic carbocycles. The molecule has 0 bridgehead atoms. The first-order chi connectivity index (χ1) is 6.27. The molecule has 13 heavy (non-hydrogen) atoms. The first-order valence-electron chi connectivity index (χ1n) is 4.46. The number of aldehydes is 1. The number of carbonyl (C=O) groups excluding carboxylic acids is 1. The van der Waals surface area contributed by atoms with E-state index in [1.54, 1.807) is 17.8 Å². The Balaban J connectivity index is 2.58. The predicted molar refractivity (Wildman–Crippen MR) is 54.5 cm³/mol. The van der Waals surface area contributed by atoms with Gasteiger partial charge in [0.25, 0.3) is 0 Å². The van der Waals surface area contributed by atoms with Gasteiger partial charge < -0.3 is 4.42 Å². The maximum atomic E-state index is 10.6. The lowest BCUT2D eigenvalue weighted by atomic mass is 10.3. The molecule has 3 heteroatoms. The van der Waals surface area contributed by atoms with Crippen LogP contribution in [0.3, 0.4) is 0 Å². The highest BCUT2D eigenvalue weighted by molar-refractivity contribution is 7.99. The summed E-state index contributed by atoms with van der Waals surface area (Å²) in [6, 6.07) is 1.78. The van der Waals surface area contributed by atoms with Crippen molar-refractivity contribution < 1.29 is 9.21 Å². The van der Waals surface area contributed by atoms with E-state index in [9.17, 15) is 4.79 Å². The summed E-state index contributed by atoms with van der Waals surface area (Å²) in [5.41, 5.74) is 0.679. The highest BCUT2D eigenvalue weighted by Crippen LogP contribution is 2.25. The Labute approximate surface area is 82.7 Å². The summed E-state index contributed by atoms with van der Waals surface area (Å²) >= 11 is 1.62. The van der Waals surface area contributed by atoms with Crippen LogP contribution in [0.2, 0.25) is 0 Å². The van der Waals surface area contributed by atoms with Gasteiger partial charge in [0.15, 0.2) is 11.4 Å². The van der Waals surface area contributed by atoms with Crippen LogP contribution >= 0.6 is 11.8 Å². The number of hydrogen-bond acceptors (Lipinski definition) is 3. The smallest absolute Gasteiger partial charge is 0.170 e. The number of carbonyl (C=O) groups is 1. The van der Waals surface area contributed by atoms with Crippen LogP contribution in [0.25, 0.3) is 0 Å². The van der Waals surface area contributed by atoms with E-state index in [2.05, 4.69) is 6.92 Å². The molecule has 1 aromatic rings. The second-order valence-electron chi connectivity index (χ2n) is 2.92. The van der Waals surface area contributed by atoms with Gasteiger partial charge in [-0.15, -0.1) is 0 Å². The van der Waals surface area contributed by atoms with E-state index in [-0.39, 0.29) is 0 Å². The molecular weight excluding hydrogens is 184 g/mol. The SMILES string of the molecule is CCCCSc1oc(C)cc1C=O. The third-order valence-electron chi connectivity index (χ3n) is 1.71.